The molecule has 0 saturated carbocycles. The van der Waals surface area contributed by atoms with Crippen LogP contribution in [0.3, 0.4) is 0 Å². The van der Waals surface area contributed by atoms with E-state index < -0.39 is 47.5 Å². The Bertz CT molecular complexity index is 3970. The van der Waals surface area contributed by atoms with Crippen molar-refractivity contribution >= 4 is 115 Å². The molecular weight excluding hydrogens is 1100 g/mol. The van der Waals surface area contributed by atoms with E-state index in [9.17, 15) is 9.59 Å². The molecule has 412 valence electrons. The van der Waals surface area contributed by atoms with Crippen molar-refractivity contribution in [1.82, 2.24) is 9.80 Å². The molecule has 11 aromatic rings. The summed E-state index contributed by atoms with van der Waals surface area (Å²) in [5.74, 6) is -2.96. The van der Waals surface area contributed by atoms with Gasteiger partial charge in [0.1, 0.15) is 58.1 Å². The molecule has 0 N–H and O–H groups in total. The summed E-state index contributed by atoms with van der Waals surface area (Å²) in [4.78, 5) is 97.2. The molecule has 0 bridgehead atoms. The van der Waals surface area contributed by atoms with Crippen molar-refractivity contribution in [1.29, 1.82) is 0 Å². The summed E-state index contributed by atoms with van der Waals surface area (Å²) < 4.78 is 28.0. The van der Waals surface area contributed by atoms with E-state index in [2.05, 4.69) is 25.3 Å². The van der Waals surface area contributed by atoms with Crippen LogP contribution in [0.15, 0.2) is 206 Å². The summed E-state index contributed by atoms with van der Waals surface area (Å²) in [6, 6.07) is 56.8. The Labute approximate surface area is 492 Å². The van der Waals surface area contributed by atoms with Gasteiger partial charge in [-0.2, -0.15) is 25.3 Å². The van der Waals surface area contributed by atoms with Gasteiger partial charge in [0, 0.05) is 80.1 Å². The van der Waals surface area contributed by atoms with Crippen molar-refractivity contribution in [2.45, 2.75) is 12.1 Å². The second-order valence-corrected chi connectivity index (χ2v) is 20.9. The van der Waals surface area contributed by atoms with Gasteiger partial charge in [-0.3, -0.25) is 38.6 Å². The van der Waals surface area contributed by atoms with E-state index in [1.165, 1.54) is 9.80 Å². The number of nitrogens with zero attached hydrogens (tertiary/aromatic N) is 4. The predicted octanol–water partition coefficient (Wildman–Crippen LogP) is 14.0. The van der Waals surface area contributed by atoms with Crippen LogP contribution in [0.4, 0.5) is 11.4 Å². The zero-order chi connectivity index (χ0) is 57.9. The first-order valence-corrected chi connectivity index (χ1v) is 28.1. The summed E-state index contributed by atoms with van der Waals surface area (Å²) in [5, 5.41) is 2.18. The Kier molecular flexibility index (Phi) is 13.7. The van der Waals surface area contributed by atoms with Crippen LogP contribution in [-0.4, -0.2) is 82.9 Å². The molecule has 2 heterocycles. The summed E-state index contributed by atoms with van der Waals surface area (Å²) >= 11 is 9.26. The van der Waals surface area contributed by atoms with Gasteiger partial charge in [0.05, 0.1) is 22.3 Å². The average Bonchev–Trinajstić information content (AvgIpc) is 0.865. The van der Waals surface area contributed by atoms with Crippen LogP contribution in [0.5, 0.6) is 46.0 Å². The van der Waals surface area contributed by atoms with Crippen LogP contribution < -0.4 is 28.7 Å². The third-order valence-corrected chi connectivity index (χ3v) is 16.0. The number of anilines is 2. The van der Waals surface area contributed by atoms with Crippen molar-refractivity contribution in [3.05, 3.63) is 229 Å². The predicted molar refractivity (Wildman–Crippen MR) is 330 cm³/mol. The molecule has 2 aliphatic heterocycles. The number of para-hydroxylation sites is 6. The highest BCUT2D eigenvalue weighted by molar-refractivity contribution is 7.80. The van der Waals surface area contributed by atoms with Crippen LogP contribution in [0, 0.1) is 0 Å². The number of thiol groups is 2. The zero-order valence-corrected chi connectivity index (χ0v) is 46.8. The lowest BCUT2D eigenvalue weighted by atomic mass is 9.80. The van der Waals surface area contributed by atoms with Gasteiger partial charge >= 0.3 is 0 Å². The molecule has 0 aliphatic carbocycles. The van der Waals surface area contributed by atoms with Gasteiger partial charge < -0.3 is 28.7 Å². The average molecular weight is 1150 g/mol. The highest BCUT2D eigenvalue weighted by atomic mass is 32.1. The van der Waals surface area contributed by atoms with E-state index in [1.54, 1.807) is 184 Å². The number of carbonyl (C=O) groups excluding carboxylic acids is 6. The lowest BCUT2D eigenvalue weighted by molar-refractivity contribution is -0.122. The molecule has 0 aromatic heterocycles. The normalized spacial score (nSPS) is 13.6. The molecule has 0 saturated heterocycles. The van der Waals surface area contributed by atoms with Crippen molar-refractivity contribution in [3.63, 3.8) is 0 Å². The number of carbonyl (C=O) groups is 6. The van der Waals surface area contributed by atoms with Crippen LogP contribution in [0.25, 0.3) is 43.1 Å². The Balaban J connectivity index is 1.18. The van der Waals surface area contributed by atoms with Gasteiger partial charge in [-0.15, -0.1) is 0 Å². The molecule has 2 unspecified atom stereocenters. The highest BCUT2D eigenvalue weighted by Gasteiger charge is 2.46. The zero-order valence-electron chi connectivity index (χ0n) is 45.0. The van der Waals surface area contributed by atoms with Gasteiger partial charge in [0.2, 0.25) is 0 Å². The van der Waals surface area contributed by atoms with Crippen LogP contribution in [0.2, 0.25) is 0 Å². The number of amides is 6. The van der Waals surface area contributed by atoms with E-state index in [-0.39, 0.29) is 67.5 Å². The van der Waals surface area contributed by atoms with Crippen LogP contribution in [0.1, 0.15) is 41.4 Å². The largest absolute Gasteiger partial charge is 0.457 e. The Morgan fingerprint density at radius 3 is 0.810 bits per heavy atom. The fourth-order valence-electron chi connectivity index (χ4n) is 11.4. The first-order chi connectivity index (χ1) is 40.9. The third kappa shape index (κ3) is 8.85. The first kappa shape index (κ1) is 53.2. The number of likely N-dealkylation sites (N-methyl/N-ethyl adjacent to an activating group) is 2. The highest BCUT2D eigenvalue weighted by Crippen LogP contribution is 2.58. The molecule has 16 heteroatoms. The Hall–Kier alpha value is -10.2. The van der Waals surface area contributed by atoms with Gasteiger partial charge in [-0.05, 0) is 97.1 Å². The molecule has 0 radical (unpaired) electrons. The number of fused-ring (bicyclic) bond motifs is 2. The molecular formula is C68H48N4O10S2. The number of benzene rings is 11. The van der Waals surface area contributed by atoms with Gasteiger partial charge in [0.25, 0.3) is 35.4 Å². The minimum absolute atomic E-state index is 0.0118. The third-order valence-electron chi connectivity index (χ3n) is 15.3. The SMILES string of the molecule is CN(C(=O)C(CS)N1C(=O)c2cc(Oc3ccccc3)c3c4c(Oc5ccccc5)cc5c6c(cc(Oc7ccccc7)c(c7c(Oc8ccccc8)cc(c2c37)C1=O)c64)C(=O)N(C(CS)C(=O)N(C)c1ccccc1)C5=O)c1ccccc1. The van der Waals surface area contributed by atoms with E-state index in [4.69, 9.17) is 18.9 Å². The molecule has 6 amide bonds. The number of hydrogen-bond donors (Lipinski definition) is 2. The van der Waals surface area contributed by atoms with Crippen molar-refractivity contribution in [2.24, 2.45) is 0 Å². The maximum Gasteiger partial charge on any atom is 0.262 e. The molecule has 14 nitrogen and oxygen atoms in total. The van der Waals surface area contributed by atoms with Gasteiger partial charge in [-0.25, -0.2) is 0 Å². The second-order valence-electron chi connectivity index (χ2n) is 20.2. The molecule has 13 rings (SSSR count). The maximum atomic E-state index is 15.8. The first-order valence-electron chi connectivity index (χ1n) is 26.9. The standard InChI is InChI=1S/C68H48N4O10S2/c1-69(39-21-9-3-10-22-39)67(77)49(37-83)71-63(73)45-33-51(79-41-25-13-5-14-26-41)57-59-53(81-43-29-17-7-18-30-43)35-47-56-48(66(76)72(65(47)75)50(38-84)68(78)70(2)40-23-11-4-12-24-40)36-54(82-44-31-19-8-20-32-44)60(62(56)59)58-52(80-42-27-15-6-16-28-42)34-46(64(71)74)55(45)61(57)58/h3-36,49-50,83-84H,37-38H2,1-2H3. The van der Waals surface area contributed by atoms with E-state index in [1.807, 2.05) is 36.4 Å². The molecule has 11 aromatic carbocycles. The topological polar surface area (TPSA) is 152 Å². The molecule has 84 heavy (non-hydrogen) atoms. The quantitative estimate of drug-likeness (QED) is 0.0414. The fraction of sp³-hybridized carbons (Fsp3) is 0.0882. The van der Waals surface area contributed by atoms with E-state index in [0.29, 0.717) is 66.7 Å². The smallest absolute Gasteiger partial charge is 0.262 e. The van der Waals surface area contributed by atoms with Crippen LogP contribution in [-0.2, 0) is 9.59 Å². The van der Waals surface area contributed by atoms with E-state index >= 15 is 19.2 Å². The summed E-state index contributed by atoms with van der Waals surface area (Å²) in [5.41, 5.74) is 1.11. The Morgan fingerprint density at radius 2 is 0.583 bits per heavy atom. The minimum atomic E-state index is -1.40. The van der Waals surface area contributed by atoms with Gasteiger partial charge in [-0.1, -0.05) is 109 Å². The lowest BCUT2D eigenvalue weighted by Crippen LogP contribution is -2.55. The molecule has 2 atom stereocenters. The molecule has 0 spiro atoms. The maximum absolute atomic E-state index is 15.8. The van der Waals surface area contributed by atoms with Gasteiger partial charge in [0.15, 0.2) is 0 Å². The monoisotopic (exact) mass is 1140 g/mol. The number of rotatable bonds is 16. The van der Waals surface area contributed by atoms with Crippen molar-refractivity contribution in [3.8, 4) is 46.0 Å². The minimum Gasteiger partial charge on any atom is -0.457 e. The van der Waals surface area contributed by atoms with E-state index in [0.717, 1.165) is 9.80 Å². The van der Waals surface area contributed by atoms with Crippen molar-refractivity contribution < 1.29 is 47.7 Å². The Morgan fingerprint density at radius 1 is 0.357 bits per heavy atom. The fourth-order valence-corrected chi connectivity index (χ4v) is 12.1. The summed E-state index contributed by atoms with van der Waals surface area (Å²) in [6.07, 6.45) is 0. The van der Waals surface area contributed by atoms with Crippen molar-refractivity contribution in [2.75, 3.05) is 35.4 Å². The number of hydrogen-bond acceptors (Lipinski definition) is 12. The lowest BCUT2D eigenvalue weighted by Gasteiger charge is -2.36. The molecule has 0 fully saturated rings. The summed E-state index contributed by atoms with van der Waals surface area (Å²) in [6.45, 7) is 0. The number of ether oxygens (including phenoxy) is 4. The van der Waals surface area contributed by atoms with Crippen LogP contribution >= 0.6 is 25.3 Å². The number of imide groups is 2. The summed E-state index contributed by atoms with van der Waals surface area (Å²) in [7, 11) is 3.15. The second kappa shape index (κ2) is 21.6. The molecule has 2 aliphatic rings.